The van der Waals surface area contributed by atoms with Crippen LogP contribution in [-0.2, 0) is 4.74 Å². The lowest BCUT2D eigenvalue weighted by molar-refractivity contribution is 0.0531. The highest BCUT2D eigenvalue weighted by atomic mass is 32.1. The van der Waals surface area contributed by atoms with Crippen molar-refractivity contribution in [1.82, 2.24) is 4.98 Å². The summed E-state index contributed by atoms with van der Waals surface area (Å²) in [6.07, 6.45) is 2.40. The fraction of sp³-hybridized carbons (Fsp3) is 0.600. The molecule has 0 aliphatic heterocycles. The number of esters is 1. The van der Waals surface area contributed by atoms with Crippen LogP contribution in [0.3, 0.4) is 0 Å². The first-order valence-electron chi connectivity index (χ1n) is 5.11. The molecule has 0 saturated heterocycles. The summed E-state index contributed by atoms with van der Waals surface area (Å²) in [5.41, 5.74) is 0.751. The van der Waals surface area contributed by atoms with Gasteiger partial charge in [-0.25, -0.2) is 9.78 Å². The molecule has 1 aliphatic carbocycles. The van der Waals surface area contributed by atoms with Gasteiger partial charge in [0.25, 0.3) is 0 Å². The highest BCUT2D eigenvalue weighted by Crippen LogP contribution is 2.29. The van der Waals surface area contributed by atoms with Crippen LogP contribution in [0.5, 0.6) is 0 Å². The molecule has 4 nitrogen and oxygen atoms in total. The largest absolute Gasteiger partial charge is 0.462 e. The molecule has 0 radical (unpaired) electrons. The molecule has 82 valence electrons. The highest BCUT2D eigenvalue weighted by Gasteiger charge is 2.24. The molecule has 1 aromatic heterocycles. The van der Waals surface area contributed by atoms with Crippen molar-refractivity contribution in [2.75, 3.05) is 11.9 Å². The zero-order valence-corrected chi connectivity index (χ0v) is 9.69. The Labute approximate surface area is 92.7 Å². The van der Waals surface area contributed by atoms with Gasteiger partial charge in [0.2, 0.25) is 0 Å². The number of thiazole rings is 1. The Balaban J connectivity index is 2.09. The van der Waals surface area contributed by atoms with E-state index in [0.717, 1.165) is 10.8 Å². The summed E-state index contributed by atoms with van der Waals surface area (Å²) in [7, 11) is 0. The minimum absolute atomic E-state index is 0.267. The van der Waals surface area contributed by atoms with Crippen molar-refractivity contribution in [1.29, 1.82) is 0 Å². The molecule has 1 N–H and O–H groups in total. The van der Waals surface area contributed by atoms with E-state index in [2.05, 4.69) is 10.3 Å². The molecule has 0 atom stereocenters. The van der Waals surface area contributed by atoms with E-state index in [0.29, 0.717) is 17.5 Å². The van der Waals surface area contributed by atoms with Crippen LogP contribution >= 0.6 is 11.3 Å². The molecular formula is C10H14N2O2S. The standard InChI is InChI=1S/C10H14N2O2S/c1-3-14-9(13)8-6(2)11-10(15-8)12-7-4-5-7/h7H,3-5H2,1-2H3,(H,11,12). The van der Waals surface area contributed by atoms with Crippen molar-refractivity contribution < 1.29 is 9.53 Å². The average Bonchev–Trinajstić information content (AvgIpc) is 2.90. The van der Waals surface area contributed by atoms with Crippen molar-refractivity contribution in [3.05, 3.63) is 10.6 Å². The lowest BCUT2D eigenvalue weighted by Gasteiger charge is -1.97. The van der Waals surface area contributed by atoms with Gasteiger partial charge in [-0.15, -0.1) is 0 Å². The number of aryl methyl sites for hydroxylation is 1. The van der Waals surface area contributed by atoms with Gasteiger partial charge < -0.3 is 10.1 Å². The monoisotopic (exact) mass is 226 g/mol. The molecule has 0 bridgehead atoms. The van der Waals surface area contributed by atoms with E-state index in [4.69, 9.17) is 4.74 Å². The minimum atomic E-state index is -0.267. The van der Waals surface area contributed by atoms with Gasteiger partial charge >= 0.3 is 5.97 Å². The number of nitrogens with zero attached hydrogens (tertiary/aromatic N) is 1. The van der Waals surface area contributed by atoms with Crippen molar-refractivity contribution in [3.8, 4) is 0 Å². The SMILES string of the molecule is CCOC(=O)c1sc(NC2CC2)nc1C. The fourth-order valence-electron chi connectivity index (χ4n) is 1.25. The first-order valence-corrected chi connectivity index (χ1v) is 5.93. The summed E-state index contributed by atoms with van der Waals surface area (Å²) >= 11 is 1.38. The lowest BCUT2D eigenvalue weighted by atomic mass is 10.4. The van der Waals surface area contributed by atoms with Crippen LogP contribution < -0.4 is 5.32 Å². The number of hydrogen-bond acceptors (Lipinski definition) is 5. The predicted molar refractivity (Wildman–Crippen MR) is 59.5 cm³/mol. The second-order valence-corrected chi connectivity index (χ2v) is 4.57. The first kappa shape index (κ1) is 10.4. The zero-order valence-electron chi connectivity index (χ0n) is 8.87. The Kier molecular flexibility index (Phi) is 2.90. The molecule has 5 heteroatoms. The molecule has 0 unspecified atom stereocenters. The molecule has 0 aromatic carbocycles. The van der Waals surface area contributed by atoms with Crippen molar-refractivity contribution in [2.45, 2.75) is 32.7 Å². The van der Waals surface area contributed by atoms with Crippen molar-refractivity contribution in [3.63, 3.8) is 0 Å². The van der Waals surface area contributed by atoms with E-state index < -0.39 is 0 Å². The summed E-state index contributed by atoms with van der Waals surface area (Å²) in [6.45, 7) is 4.04. The van der Waals surface area contributed by atoms with Gasteiger partial charge in [-0.2, -0.15) is 0 Å². The molecule has 1 heterocycles. The van der Waals surface area contributed by atoms with Gasteiger partial charge in [0.05, 0.1) is 12.3 Å². The molecule has 0 amide bonds. The summed E-state index contributed by atoms with van der Waals surface area (Å²) in [4.78, 5) is 16.4. The normalized spacial score (nSPS) is 15.1. The predicted octanol–water partition coefficient (Wildman–Crippen LogP) is 2.20. The topological polar surface area (TPSA) is 51.2 Å². The maximum atomic E-state index is 11.5. The van der Waals surface area contributed by atoms with Crippen LogP contribution in [0, 0.1) is 6.92 Å². The van der Waals surface area contributed by atoms with Crippen LogP contribution in [0.4, 0.5) is 5.13 Å². The summed E-state index contributed by atoms with van der Waals surface area (Å²) in [5, 5.41) is 4.11. The van der Waals surface area contributed by atoms with E-state index in [1.54, 1.807) is 6.92 Å². The Bertz CT molecular complexity index is 371. The molecule has 1 aromatic rings. The van der Waals surface area contributed by atoms with Crippen LogP contribution in [0.1, 0.15) is 35.1 Å². The number of nitrogens with one attached hydrogen (secondary N) is 1. The molecule has 1 fully saturated rings. The van der Waals surface area contributed by atoms with E-state index in [-0.39, 0.29) is 5.97 Å². The van der Waals surface area contributed by atoms with Gasteiger partial charge in [-0.1, -0.05) is 11.3 Å². The average molecular weight is 226 g/mol. The fourth-order valence-corrected chi connectivity index (χ4v) is 2.18. The Morgan fingerprint density at radius 2 is 2.40 bits per heavy atom. The molecule has 0 spiro atoms. The Morgan fingerprint density at radius 3 is 3.00 bits per heavy atom. The van der Waals surface area contributed by atoms with Crippen LogP contribution in [0.15, 0.2) is 0 Å². The second-order valence-electron chi connectivity index (χ2n) is 3.57. The summed E-state index contributed by atoms with van der Waals surface area (Å²) in [6, 6.07) is 0.561. The maximum Gasteiger partial charge on any atom is 0.350 e. The van der Waals surface area contributed by atoms with Gasteiger partial charge in [0, 0.05) is 6.04 Å². The number of carbonyl (C=O) groups is 1. The van der Waals surface area contributed by atoms with Gasteiger partial charge in [-0.05, 0) is 26.7 Å². The maximum absolute atomic E-state index is 11.5. The van der Waals surface area contributed by atoms with E-state index in [9.17, 15) is 4.79 Å². The van der Waals surface area contributed by atoms with Crippen molar-refractivity contribution >= 4 is 22.4 Å². The second kappa shape index (κ2) is 4.18. The third-order valence-corrected chi connectivity index (χ3v) is 3.23. The number of carbonyl (C=O) groups excluding carboxylic acids is 1. The van der Waals surface area contributed by atoms with E-state index in [1.807, 2.05) is 6.92 Å². The molecular weight excluding hydrogens is 212 g/mol. The molecule has 15 heavy (non-hydrogen) atoms. The number of ether oxygens (including phenoxy) is 1. The number of aromatic nitrogens is 1. The third-order valence-electron chi connectivity index (χ3n) is 2.16. The summed E-state index contributed by atoms with van der Waals surface area (Å²) < 4.78 is 4.95. The smallest absolute Gasteiger partial charge is 0.350 e. The number of hydrogen-bond donors (Lipinski definition) is 1. The minimum Gasteiger partial charge on any atom is -0.462 e. The van der Waals surface area contributed by atoms with Gasteiger partial charge in [-0.3, -0.25) is 0 Å². The van der Waals surface area contributed by atoms with Crippen LogP contribution in [0.2, 0.25) is 0 Å². The van der Waals surface area contributed by atoms with Gasteiger partial charge in [0.1, 0.15) is 4.88 Å². The van der Waals surface area contributed by atoms with E-state index in [1.165, 1.54) is 24.2 Å². The summed E-state index contributed by atoms with van der Waals surface area (Å²) in [5.74, 6) is -0.267. The highest BCUT2D eigenvalue weighted by molar-refractivity contribution is 7.17. The Morgan fingerprint density at radius 1 is 1.67 bits per heavy atom. The van der Waals surface area contributed by atoms with E-state index >= 15 is 0 Å². The van der Waals surface area contributed by atoms with Crippen molar-refractivity contribution in [2.24, 2.45) is 0 Å². The molecule has 1 saturated carbocycles. The third kappa shape index (κ3) is 2.47. The number of rotatable bonds is 4. The van der Waals surface area contributed by atoms with Crippen LogP contribution in [-0.4, -0.2) is 23.6 Å². The quantitative estimate of drug-likeness (QED) is 0.800. The molecule has 2 rings (SSSR count). The van der Waals surface area contributed by atoms with Crippen LogP contribution in [0.25, 0.3) is 0 Å². The zero-order chi connectivity index (χ0) is 10.8. The lowest BCUT2D eigenvalue weighted by Crippen LogP contribution is -2.03. The number of anilines is 1. The molecule has 1 aliphatic rings. The first-order chi connectivity index (χ1) is 7.20. The Hall–Kier alpha value is -1.10. The van der Waals surface area contributed by atoms with Gasteiger partial charge in [0.15, 0.2) is 5.13 Å².